The first-order valence-electron chi connectivity index (χ1n) is 5.94. The average molecular weight is 212 g/mol. The maximum Gasteiger partial charge on any atom is 0.225 e. The molecule has 1 N–H and O–H groups in total. The third kappa shape index (κ3) is 2.33. The summed E-state index contributed by atoms with van der Waals surface area (Å²) in [5, 5.41) is 3.51. The number of carbonyl (C=O) groups excluding carboxylic acids is 1. The Morgan fingerprint density at radius 2 is 1.47 bits per heavy atom. The molecule has 0 aliphatic carbocycles. The molecule has 0 saturated carbocycles. The van der Waals surface area contributed by atoms with Crippen molar-refractivity contribution >= 4 is 5.91 Å². The number of amides is 1. The maximum absolute atomic E-state index is 12.1. The van der Waals surface area contributed by atoms with Crippen molar-refractivity contribution in [2.75, 3.05) is 0 Å². The van der Waals surface area contributed by atoms with E-state index < -0.39 is 0 Å². The van der Waals surface area contributed by atoms with E-state index in [1.54, 1.807) is 0 Å². The normalized spacial score (nSPS) is 37.1. The molecule has 0 radical (unpaired) electrons. The fourth-order valence-corrected chi connectivity index (χ4v) is 2.25. The molecule has 1 aliphatic heterocycles. The Kier molecular flexibility index (Phi) is 3.77. The summed E-state index contributed by atoms with van der Waals surface area (Å²) in [6.45, 7) is 12.5. The molecule has 4 unspecified atom stereocenters. The standard InChI is InChI=1S/C12H24N2O/c1-7(2)12(15)14-10(5)8(3)13-9(4)11(14)6/h7-11,13H,1-6H3. The number of hydrogen-bond acceptors (Lipinski definition) is 2. The van der Waals surface area contributed by atoms with Gasteiger partial charge in [0.25, 0.3) is 0 Å². The van der Waals surface area contributed by atoms with Crippen molar-refractivity contribution in [1.82, 2.24) is 10.2 Å². The fourth-order valence-electron chi connectivity index (χ4n) is 2.25. The van der Waals surface area contributed by atoms with Gasteiger partial charge in [-0.2, -0.15) is 0 Å². The van der Waals surface area contributed by atoms with Gasteiger partial charge in [0, 0.05) is 30.1 Å². The van der Waals surface area contributed by atoms with E-state index in [0.29, 0.717) is 12.1 Å². The smallest absolute Gasteiger partial charge is 0.225 e. The number of carbonyl (C=O) groups is 1. The molecular weight excluding hydrogens is 188 g/mol. The second kappa shape index (κ2) is 4.52. The molecule has 3 nitrogen and oxygen atoms in total. The van der Waals surface area contributed by atoms with Crippen LogP contribution < -0.4 is 5.32 Å². The zero-order valence-corrected chi connectivity index (χ0v) is 10.7. The molecule has 4 atom stereocenters. The van der Waals surface area contributed by atoms with E-state index in [1.165, 1.54) is 0 Å². The molecular formula is C12H24N2O. The van der Waals surface area contributed by atoms with Gasteiger partial charge in [0.1, 0.15) is 0 Å². The Hall–Kier alpha value is -0.570. The molecule has 88 valence electrons. The van der Waals surface area contributed by atoms with Gasteiger partial charge in [-0.3, -0.25) is 4.79 Å². The largest absolute Gasteiger partial charge is 0.334 e. The van der Waals surface area contributed by atoms with Gasteiger partial charge in [0.2, 0.25) is 5.91 Å². The number of nitrogens with zero attached hydrogens (tertiary/aromatic N) is 1. The lowest BCUT2D eigenvalue weighted by Gasteiger charge is -2.47. The predicted octanol–water partition coefficient (Wildman–Crippen LogP) is 1.63. The van der Waals surface area contributed by atoms with Crippen LogP contribution in [0.4, 0.5) is 0 Å². The second-order valence-electron chi connectivity index (χ2n) is 5.13. The molecule has 1 aliphatic rings. The number of piperazine rings is 1. The monoisotopic (exact) mass is 212 g/mol. The lowest BCUT2D eigenvalue weighted by molar-refractivity contribution is -0.142. The van der Waals surface area contributed by atoms with Gasteiger partial charge in [-0.15, -0.1) is 0 Å². The molecule has 1 rings (SSSR count). The van der Waals surface area contributed by atoms with E-state index in [9.17, 15) is 4.79 Å². The Balaban J connectivity index is 2.86. The van der Waals surface area contributed by atoms with Gasteiger partial charge < -0.3 is 10.2 Å². The summed E-state index contributed by atoms with van der Waals surface area (Å²) in [6, 6.07) is 1.31. The molecule has 0 aromatic carbocycles. The van der Waals surface area contributed by atoms with Gasteiger partial charge >= 0.3 is 0 Å². The number of rotatable bonds is 1. The first-order valence-corrected chi connectivity index (χ1v) is 5.94. The van der Waals surface area contributed by atoms with Crippen LogP contribution in [0.25, 0.3) is 0 Å². The number of nitrogens with one attached hydrogen (secondary N) is 1. The van der Waals surface area contributed by atoms with Crippen molar-refractivity contribution in [2.24, 2.45) is 5.92 Å². The van der Waals surface area contributed by atoms with Gasteiger partial charge in [0.05, 0.1) is 0 Å². The number of hydrogen-bond donors (Lipinski definition) is 1. The minimum absolute atomic E-state index is 0.0902. The maximum atomic E-state index is 12.1. The molecule has 0 bridgehead atoms. The summed E-state index contributed by atoms with van der Waals surface area (Å²) in [6.07, 6.45) is 0. The summed E-state index contributed by atoms with van der Waals surface area (Å²) < 4.78 is 0. The summed E-state index contributed by atoms with van der Waals surface area (Å²) >= 11 is 0. The van der Waals surface area contributed by atoms with Crippen LogP contribution in [0.1, 0.15) is 41.5 Å². The van der Waals surface area contributed by atoms with Crippen molar-refractivity contribution in [3.63, 3.8) is 0 Å². The third-order valence-electron chi connectivity index (χ3n) is 3.60. The minimum Gasteiger partial charge on any atom is -0.334 e. The average Bonchev–Trinajstić information content (AvgIpc) is 2.15. The van der Waals surface area contributed by atoms with Crippen LogP contribution in [-0.4, -0.2) is 35.0 Å². The molecule has 1 saturated heterocycles. The summed E-state index contributed by atoms with van der Waals surface area (Å²) in [4.78, 5) is 14.2. The summed E-state index contributed by atoms with van der Waals surface area (Å²) in [5.74, 6) is 0.364. The molecule has 1 fully saturated rings. The molecule has 0 aromatic rings. The zero-order chi connectivity index (χ0) is 11.7. The Bertz CT molecular complexity index is 226. The van der Waals surface area contributed by atoms with Crippen molar-refractivity contribution in [3.05, 3.63) is 0 Å². The van der Waals surface area contributed by atoms with Gasteiger partial charge in [-0.05, 0) is 27.7 Å². The molecule has 1 heterocycles. The van der Waals surface area contributed by atoms with Crippen molar-refractivity contribution < 1.29 is 4.79 Å². The lowest BCUT2D eigenvalue weighted by Crippen LogP contribution is -2.65. The molecule has 1 amide bonds. The Morgan fingerprint density at radius 3 is 1.80 bits per heavy atom. The first-order chi connectivity index (χ1) is 6.86. The van der Waals surface area contributed by atoms with Gasteiger partial charge in [-0.1, -0.05) is 13.8 Å². The molecule has 3 heteroatoms. The van der Waals surface area contributed by atoms with Crippen LogP contribution in [-0.2, 0) is 4.79 Å². The summed E-state index contributed by atoms with van der Waals surface area (Å²) in [7, 11) is 0. The van der Waals surface area contributed by atoms with E-state index in [-0.39, 0.29) is 23.9 Å². The third-order valence-corrected chi connectivity index (χ3v) is 3.60. The van der Waals surface area contributed by atoms with Gasteiger partial charge in [0.15, 0.2) is 0 Å². The highest BCUT2D eigenvalue weighted by atomic mass is 16.2. The quantitative estimate of drug-likeness (QED) is 0.716. The van der Waals surface area contributed by atoms with E-state index in [2.05, 4.69) is 37.9 Å². The van der Waals surface area contributed by atoms with Crippen LogP contribution in [0.5, 0.6) is 0 Å². The lowest BCUT2D eigenvalue weighted by atomic mass is 9.95. The van der Waals surface area contributed by atoms with Gasteiger partial charge in [-0.25, -0.2) is 0 Å². The Morgan fingerprint density at radius 1 is 1.07 bits per heavy atom. The Labute approximate surface area is 93.2 Å². The predicted molar refractivity (Wildman–Crippen MR) is 62.7 cm³/mol. The highest BCUT2D eigenvalue weighted by molar-refractivity contribution is 5.79. The van der Waals surface area contributed by atoms with Crippen molar-refractivity contribution in [2.45, 2.75) is 65.7 Å². The highest BCUT2D eigenvalue weighted by Crippen LogP contribution is 2.21. The first kappa shape index (κ1) is 12.5. The van der Waals surface area contributed by atoms with E-state index in [0.717, 1.165) is 0 Å². The van der Waals surface area contributed by atoms with E-state index in [1.807, 2.05) is 13.8 Å². The van der Waals surface area contributed by atoms with E-state index >= 15 is 0 Å². The summed E-state index contributed by atoms with van der Waals surface area (Å²) in [5.41, 5.74) is 0. The molecule has 0 aromatic heterocycles. The second-order valence-corrected chi connectivity index (χ2v) is 5.13. The van der Waals surface area contributed by atoms with E-state index in [4.69, 9.17) is 0 Å². The molecule has 0 spiro atoms. The minimum atomic E-state index is 0.0902. The SMILES string of the molecule is CC(C)C(=O)N1C(C)C(C)NC(C)C1C. The van der Waals surface area contributed by atoms with Crippen LogP contribution in [0, 0.1) is 5.92 Å². The van der Waals surface area contributed by atoms with Crippen LogP contribution >= 0.6 is 0 Å². The fraction of sp³-hybridized carbons (Fsp3) is 0.917. The van der Waals surface area contributed by atoms with Crippen LogP contribution in [0.15, 0.2) is 0 Å². The molecule has 15 heavy (non-hydrogen) atoms. The van der Waals surface area contributed by atoms with Crippen molar-refractivity contribution in [1.29, 1.82) is 0 Å². The van der Waals surface area contributed by atoms with Crippen LogP contribution in [0.3, 0.4) is 0 Å². The topological polar surface area (TPSA) is 32.3 Å². The van der Waals surface area contributed by atoms with Crippen LogP contribution in [0.2, 0.25) is 0 Å². The van der Waals surface area contributed by atoms with Crippen molar-refractivity contribution in [3.8, 4) is 0 Å². The highest BCUT2D eigenvalue weighted by Gasteiger charge is 2.37. The zero-order valence-electron chi connectivity index (χ0n) is 10.7.